The van der Waals surface area contributed by atoms with E-state index >= 15 is 0 Å². The number of nitrogens with one attached hydrogen (secondary N) is 3. The number of aliphatic hydroxyl groups excluding tert-OH is 1. The highest BCUT2D eigenvalue weighted by molar-refractivity contribution is 5.93. The normalized spacial score (nSPS) is 25.4. The lowest BCUT2D eigenvalue weighted by molar-refractivity contribution is -0.159. The van der Waals surface area contributed by atoms with Crippen LogP contribution in [0.15, 0.2) is 0 Å². The Balaban J connectivity index is 3.38. The summed E-state index contributed by atoms with van der Waals surface area (Å²) in [6, 6.07) is -1.66. The molecule has 9 heteroatoms. The Morgan fingerprint density at radius 1 is 1.27 bits per heavy atom. The van der Waals surface area contributed by atoms with Crippen LogP contribution in [0, 0.1) is 11.8 Å². The summed E-state index contributed by atoms with van der Waals surface area (Å²) in [5.41, 5.74) is 0.622. The molecule has 1 saturated heterocycles. The van der Waals surface area contributed by atoms with Crippen molar-refractivity contribution in [1.82, 2.24) is 16.1 Å². The Kier molecular flexibility index (Phi) is 9.55. The molecule has 0 spiro atoms. The van der Waals surface area contributed by atoms with E-state index in [0.29, 0.717) is 12.8 Å². The van der Waals surface area contributed by atoms with E-state index in [0.717, 1.165) is 6.42 Å². The van der Waals surface area contributed by atoms with Crippen molar-refractivity contribution in [1.29, 1.82) is 0 Å². The third-order valence-electron chi connectivity index (χ3n) is 5.67. The lowest BCUT2D eigenvalue weighted by atomic mass is 9.73. The van der Waals surface area contributed by atoms with Crippen LogP contribution in [-0.4, -0.2) is 52.9 Å². The predicted molar refractivity (Wildman–Crippen MR) is 112 cm³/mol. The molecule has 1 heterocycles. The van der Waals surface area contributed by atoms with Crippen LogP contribution >= 0.6 is 0 Å². The zero-order chi connectivity index (χ0) is 23.1. The van der Waals surface area contributed by atoms with Crippen LogP contribution in [0.3, 0.4) is 0 Å². The van der Waals surface area contributed by atoms with Gasteiger partial charge in [0.1, 0.15) is 11.6 Å². The van der Waals surface area contributed by atoms with Crippen molar-refractivity contribution in [3.8, 4) is 0 Å². The number of carbonyl (C=O) groups is 3. The minimum Gasteiger partial charge on any atom is -0.444 e. The van der Waals surface area contributed by atoms with Gasteiger partial charge < -0.3 is 25.3 Å². The van der Waals surface area contributed by atoms with E-state index in [9.17, 15) is 19.5 Å². The smallest absolute Gasteiger partial charge is 0.407 e. The van der Waals surface area contributed by atoms with Crippen molar-refractivity contribution in [2.45, 2.75) is 97.4 Å². The molecule has 0 aromatic rings. The summed E-state index contributed by atoms with van der Waals surface area (Å²) >= 11 is 0. The molecule has 1 rings (SSSR count). The monoisotopic (exact) mass is 429 g/mol. The molecule has 9 nitrogen and oxygen atoms in total. The molecule has 4 N–H and O–H groups in total. The van der Waals surface area contributed by atoms with Crippen molar-refractivity contribution in [3.63, 3.8) is 0 Å². The van der Waals surface area contributed by atoms with Crippen LogP contribution in [-0.2, 0) is 19.2 Å². The summed E-state index contributed by atoms with van der Waals surface area (Å²) in [5, 5.41) is 14.8. The standard InChI is InChI=1S/C21H39N3O6/c1-8-13(3)12-16(23-19(28)29-20(5,6)7)21(14(4)9-2)18(27)22-15(10-11-25)17(26)30-24-21/h13-16,24-25H,8-12H2,1-7H3,(H,22,27)(H,23,28)/t13?,14-,15?,16?,21-/m0/s1. The molecule has 0 aromatic carbocycles. The first-order valence-corrected chi connectivity index (χ1v) is 10.8. The molecule has 0 aliphatic carbocycles. The topological polar surface area (TPSA) is 126 Å². The molecular weight excluding hydrogens is 390 g/mol. The molecule has 1 aliphatic rings. The second-order valence-electron chi connectivity index (χ2n) is 9.19. The molecule has 0 bridgehead atoms. The summed E-state index contributed by atoms with van der Waals surface area (Å²) in [4.78, 5) is 43.7. The molecule has 0 aromatic heterocycles. The average molecular weight is 430 g/mol. The van der Waals surface area contributed by atoms with Gasteiger partial charge in [0.05, 0.1) is 6.04 Å². The maximum Gasteiger partial charge on any atom is 0.407 e. The molecule has 5 atom stereocenters. The quantitative estimate of drug-likeness (QED) is 0.442. The molecular formula is C21H39N3O6. The second-order valence-corrected chi connectivity index (χ2v) is 9.19. The van der Waals surface area contributed by atoms with Gasteiger partial charge in [0.15, 0.2) is 5.54 Å². The molecule has 1 aliphatic heterocycles. The minimum absolute atomic E-state index is 0.0400. The summed E-state index contributed by atoms with van der Waals surface area (Å²) in [5.74, 6) is -1.23. The zero-order valence-corrected chi connectivity index (χ0v) is 19.3. The lowest BCUT2D eigenvalue weighted by Gasteiger charge is -2.43. The van der Waals surface area contributed by atoms with E-state index in [-0.39, 0.29) is 24.9 Å². The van der Waals surface area contributed by atoms with Gasteiger partial charge in [-0.1, -0.05) is 40.5 Å². The summed E-state index contributed by atoms with van der Waals surface area (Å²) < 4.78 is 5.43. The van der Waals surface area contributed by atoms with Gasteiger partial charge in [-0.25, -0.2) is 9.59 Å². The fourth-order valence-corrected chi connectivity index (χ4v) is 3.50. The average Bonchev–Trinajstić information content (AvgIpc) is 2.77. The third-order valence-corrected chi connectivity index (χ3v) is 5.67. The Bertz CT molecular complexity index is 606. The van der Waals surface area contributed by atoms with Gasteiger partial charge in [-0.2, -0.15) is 0 Å². The first kappa shape index (κ1) is 26.2. The Morgan fingerprint density at radius 3 is 2.40 bits per heavy atom. The van der Waals surface area contributed by atoms with E-state index in [2.05, 4.69) is 16.1 Å². The van der Waals surface area contributed by atoms with Crippen LogP contribution < -0.4 is 16.1 Å². The highest BCUT2D eigenvalue weighted by atomic mass is 16.7. The largest absolute Gasteiger partial charge is 0.444 e. The van der Waals surface area contributed by atoms with Gasteiger partial charge in [0.2, 0.25) is 5.91 Å². The van der Waals surface area contributed by atoms with E-state index in [1.165, 1.54) is 0 Å². The maximum atomic E-state index is 13.5. The molecule has 0 radical (unpaired) electrons. The van der Waals surface area contributed by atoms with Crippen LogP contribution in [0.2, 0.25) is 0 Å². The van der Waals surface area contributed by atoms with Gasteiger partial charge in [-0.15, -0.1) is 5.48 Å². The highest BCUT2D eigenvalue weighted by Crippen LogP contribution is 2.31. The fraction of sp³-hybridized carbons (Fsp3) is 0.857. The fourth-order valence-electron chi connectivity index (χ4n) is 3.50. The number of hydrogen-bond donors (Lipinski definition) is 4. The highest BCUT2D eigenvalue weighted by Gasteiger charge is 2.54. The third kappa shape index (κ3) is 6.57. The first-order chi connectivity index (χ1) is 13.9. The first-order valence-electron chi connectivity index (χ1n) is 10.8. The molecule has 0 saturated carbocycles. The maximum absolute atomic E-state index is 13.5. The van der Waals surface area contributed by atoms with E-state index in [4.69, 9.17) is 9.57 Å². The van der Waals surface area contributed by atoms with Crippen molar-refractivity contribution in [2.75, 3.05) is 6.61 Å². The Labute approximate surface area is 179 Å². The number of amides is 2. The van der Waals surface area contributed by atoms with Gasteiger partial charge in [-0.3, -0.25) is 4.79 Å². The van der Waals surface area contributed by atoms with Gasteiger partial charge in [-0.05, 0) is 39.0 Å². The van der Waals surface area contributed by atoms with E-state index < -0.39 is 41.2 Å². The number of hydroxylamine groups is 1. The number of rotatable bonds is 9. The summed E-state index contributed by atoms with van der Waals surface area (Å²) in [6.45, 7) is 12.9. The van der Waals surface area contributed by atoms with Gasteiger partial charge >= 0.3 is 12.1 Å². The minimum atomic E-state index is -1.39. The molecule has 2 amide bonds. The Morgan fingerprint density at radius 2 is 1.90 bits per heavy atom. The molecule has 30 heavy (non-hydrogen) atoms. The van der Waals surface area contributed by atoms with Crippen molar-refractivity contribution in [2.24, 2.45) is 11.8 Å². The van der Waals surface area contributed by atoms with Crippen molar-refractivity contribution >= 4 is 18.0 Å². The van der Waals surface area contributed by atoms with E-state index in [1.54, 1.807) is 20.8 Å². The van der Waals surface area contributed by atoms with Crippen molar-refractivity contribution in [3.05, 3.63) is 0 Å². The second kappa shape index (κ2) is 10.9. The van der Waals surface area contributed by atoms with Crippen molar-refractivity contribution < 1.29 is 29.1 Å². The van der Waals surface area contributed by atoms with Crippen LogP contribution in [0.5, 0.6) is 0 Å². The summed E-state index contributed by atoms with van der Waals surface area (Å²) in [7, 11) is 0. The van der Waals surface area contributed by atoms with Gasteiger partial charge in [0.25, 0.3) is 0 Å². The summed E-state index contributed by atoms with van der Waals surface area (Å²) in [6.07, 6.45) is 1.31. The van der Waals surface area contributed by atoms with E-state index in [1.807, 2.05) is 27.7 Å². The number of hydrogen-bond acceptors (Lipinski definition) is 7. The number of ether oxygens (including phenoxy) is 1. The lowest BCUT2D eigenvalue weighted by Crippen LogP contribution is -2.70. The molecule has 3 unspecified atom stereocenters. The molecule has 1 fully saturated rings. The van der Waals surface area contributed by atoms with Crippen LogP contribution in [0.4, 0.5) is 4.79 Å². The Hall–Kier alpha value is -1.87. The van der Waals surface area contributed by atoms with Crippen LogP contribution in [0.25, 0.3) is 0 Å². The number of aliphatic hydroxyl groups is 1. The zero-order valence-electron chi connectivity index (χ0n) is 19.3. The predicted octanol–water partition coefficient (Wildman–Crippen LogP) is 2.03. The van der Waals surface area contributed by atoms with Gasteiger partial charge in [0, 0.05) is 13.0 Å². The molecule has 174 valence electrons. The number of alkyl carbamates (subject to hydrolysis) is 1. The number of carbonyl (C=O) groups excluding carboxylic acids is 3. The SMILES string of the molecule is CCC(C)CC(NC(=O)OC(C)(C)C)[C@]1([C@@H](C)CC)NOC(=O)C(CCO)NC1=O. The van der Waals surface area contributed by atoms with Crippen LogP contribution in [0.1, 0.15) is 74.1 Å².